The lowest BCUT2D eigenvalue weighted by Gasteiger charge is -2.37. The molecule has 0 aliphatic carbocycles. The van der Waals surface area contributed by atoms with Gasteiger partial charge in [-0.05, 0) is 26.0 Å². The molecule has 0 saturated carbocycles. The molecule has 3 rings (SSSR count). The molecule has 2 aromatic rings. The fourth-order valence-corrected chi connectivity index (χ4v) is 2.64. The van der Waals surface area contributed by atoms with Crippen molar-refractivity contribution in [1.29, 1.82) is 5.26 Å². The van der Waals surface area contributed by atoms with Crippen LogP contribution in [-0.4, -0.2) is 46.2 Å². The van der Waals surface area contributed by atoms with Gasteiger partial charge in [0.15, 0.2) is 5.82 Å². The molecule has 1 fully saturated rings. The second-order valence-corrected chi connectivity index (χ2v) is 5.39. The van der Waals surface area contributed by atoms with Crippen molar-refractivity contribution in [3.63, 3.8) is 0 Å². The summed E-state index contributed by atoms with van der Waals surface area (Å²) in [6.45, 7) is 7.41. The van der Waals surface area contributed by atoms with Gasteiger partial charge in [0.1, 0.15) is 5.82 Å². The Labute approximate surface area is 129 Å². The number of nitrogens with zero attached hydrogens (tertiary/aromatic N) is 6. The molecule has 1 saturated heterocycles. The van der Waals surface area contributed by atoms with Gasteiger partial charge in [0.2, 0.25) is 5.89 Å². The molecule has 1 aliphatic rings. The van der Waals surface area contributed by atoms with Crippen molar-refractivity contribution in [2.75, 3.05) is 31.1 Å². The Kier molecular flexibility index (Phi) is 4.02. The average molecular weight is 298 g/mol. The van der Waals surface area contributed by atoms with Gasteiger partial charge in [-0.15, -0.1) is 0 Å². The van der Waals surface area contributed by atoms with Crippen molar-refractivity contribution in [3.05, 3.63) is 35.6 Å². The Morgan fingerprint density at radius 3 is 2.73 bits per heavy atom. The van der Waals surface area contributed by atoms with E-state index in [1.54, 1.807) is 12.3 Å². The van der Waals surface area contributed by atoms with Crippen LogP contribution in [-0.2, 0) is 0 Å². The highest BCUT2D eigenvalue weighted by molar-refractivity contribution is 5.45. The van der Waals surface area contributed by atoms with Crippen LogP contribution >= 0.6 is 0 Å². The third-order valence-corrected chi connectivity index (χ3v) is 3.96. The summed E-state index contributed by atoms with van der Waals surface area (Å²) in [5, 5.41) is 12.8. The molecular formula is C15H18N6O. The normalized spacial score (nSPS) is 17.2. The van der Waals surface area contributed by atoms with Gasteiger partial charge in [0.05, 0.1) is 17.7 Å². The maximum absolute atomic E-state index is 8.98. The Morgan fingerprint density at radius 1 is 1.32 bits per heavy atom. The van der Waals surface area contributed by atoms with Crippen molar-refractivity contribution in [1.82, 2.24) is 20.0 Å². The second kappa shape index (κ2) is 6.12. The molecule has 1 unspecified atom stereocenters. The summed E-state index contributed by atoms with van der Waals surface area (Å²) in [6, 6.07) is 5.82. The highest BCUT2D eigenvalue weighted by Gasteiger charge is 2.25. The molecule has 2 aromatic heterocycles. The van der Waals surface area contributed by atoms with Gasteiger partial charge in [-0.3, -0.25) is 4.90 Å². The van der Waals surface area contributed by atoms with E-state index in [9.17, 15) is 0 Å². The van der Waals surface area contributed by atoms with Crippen LogP contribution in [0.4, 0.5) is 5.82 Å². The number of pyridine rings is 1. The Balaban J connectivity index is 1.63. The minimum atomic E-state index is 0.113. The molecule has 0 N–H and O–H groups in total. The van der Waals surface area contributed by atoms with Gasteiger partial charge in [0.25, 0.3) is 0 Å². The van der Waals surface area contributed by atoms with Gasteiger partial charge in [-0.2, -0.15) is 10.2 Å². The molecule has 7 nitrogen and oxygen atoms in total. The maximum Gasteiger partial charge on any atom is 0.243 e. The number of aromatic nitrogens is 3. The van der Waals surface area contributed by atoms with Crippen molar-refractivity contribution in [2.45, 2.75) is 19.9 Å². The summed E-state index contributed by atoms with van der Waals surface area (Å²) in [5.41, 5.74) is 0.641. The van der Waals surface area contributed by atoms with Crippen LogP contribution in [0.5, 0.6) is 0 Å². The summed E-state index contributed by atoms with van der Waals surface area (Å²) in [4.78, 5) is 13.2. The van der Waals surface area contributed by atoms with E-state index in [2.05, 4.69) is 37.9 Å². The standard InChI is InChI=1S/C15H18N6O/c1-11(15-18-12(2)19-22-15)20-5-7-21(8-6-20)14-9-13(10-16)3-4-17-14/h3-4,9,11H,5-8H2,1-2H3. The topological polar surface area (TPSA) is 82.1 Å². The monoisotopic (exact) mass is 298 g/mol. The number of hydrogen-bond donors (Lipinski definition) is 0. The summed E-state index contributed by atoms with van der Waals surface area (Å²) in [6.07, 6.45) is 1.68. The first-order valence-electron chi connectivity index (χ1n) is 7.33. The van der Waals surface area contributed by atoms with Crippen molar-refractivity contribution < 1.29 is 4.52 Å². The number of aryl methyl sites for hydroxylation is 1. The minimum Gasteiger partial charge on any atom is -0.354 e. The molecule has 0 amide bonds. The Morgan fingerprint density at radius 2 is 2.09 bits per heavy atom. The van der Waals surface area contributed by atoms with Crippen molar-refractivity contribution in [3.8, 4) is 6.07 Å². The lowest BCUT2D eigenvalue weighted by atomic mass is 10.2. The molecule has 0 aromatic carbocycles. The molecule has 1 aliphatic heterocycles. The van der Waals surface area contributed by atoms with Crippen LogP contribution in [0.3, 0.4) is 0 Å². The van der Waals surface area contributed by atoms with Gasteiger partial charge in [-0.1, -0.05) is 5.16 Å². The van der Waals surface area contributed by atoms with Crippen LogP contribution in [0.2, 0.25) is 0 Å². The number of piperazine rings is 1. The van der Waals surface area contributed by atoms with Gasteiger partial charge in [0, 0.05) is 32.4 Å². The van der Waals surface area contributed by atoms with E-state index in [4.69, 9.17) is 9.78 Å². The average Bonchev–Trinajstić information content (AvgIpc) is 3.01. The minimum absolute atomic E-state index is 0.113. The Hall–Kier alpha value is -2.46. The highest BCUT2D eigenvalue weighted by Crippen LogP contribution is 2.22. The van der Waals surface area contributed by atoms with Crippen LogP contribution in [0, 0.1) is 18.3 Å². The van der Waals surface area contributed by atoms with Gasteiger partial charge < -0.3 is 9.42 Å². The molecule has 0 spiro atoms. The largest absolute Gasteiger partial charge is 0.354 e. The molecule has 0 radical (unpaired) electrons. The van der Waals surface area contributed by atoms with E-state index in [1.807, 2.05) is 13.0 Å². The van der Waals surface area contributed by atoms with Crippen LogP contribution in [0.15, 0.2) is 22.9 Å². The Bertz CT molecular complexity index is 683. The lowest BCUT2D eigenvalue weighted by Crippen LogP contribution is -2.47. The quantitative estimate of drug-likeness (QED) is 0.849. The second-order valence-electron chi connectivity index (χ2n) is 5.39. The fourth-order valence-electron chi connectivity index (χ4n) is 2.64. The van der Waals surface area contributed by atoms with E-state index in [0.29, 0.717) is 17.3 Å². The third kappa shape index (κ3) is 2.92. The fraction of sp³-hybridized carbons (Fsp3) is 0.467. The van der Waals surface area contributed by atoms with Crippen LogP contribution in [0.25, 0.3) is 0 Å². The number of hydrogen-bond acceptors (Lipinski definition) is 7. The highest BCUT2D eigenvalue weighted by atomic mass is 16.5. The van der Waals surface area contributed by atoms with Crippen LogP contribution < -0.4 is 4.90 Å². The van der Waals surface area contributed by atoms with Crippen molar-refractivity contribution in [2.24, 2.45) is 0 Å². The van der Waals surface area contributed by atoms with E-state index in [1.165, 1.54) is 0 Å². The summed E-state index contributed by atoms with van der Waals surface area (Å²) < 4.78 is 5.26. The third-order valence-electron chi connectivity index (χ3n) is 3.96. The number of anilines is 1. The van der Waals surface area contributed by atoms with E-state index in [0.717, 1.165) is 32.0 Å². The molecule has 3 heterocycles. The van der Waals surface area contributed by atoms with Crippen LogP contribution in [0.1, 0.15) is 30.2 Å². The molecule has 114 valence electrons. The van der Waals surface area contributed by atoms with Gasteiger partial charge >= 0.3 is 0 Å². The molecule has 7 heteroatoms. The smallest absolute Gasteiger partial charge is 0.243 e. The molecule has 1 atom stereocenters. The first-order chi connectivity index (χ1) is 10.7. The SMILES string of the molecule is Cc1noc(C(C)N2CCN(c3cc(C#N)ccn3)CC2)n1. The molecule has 0 bridgehead atoms. The van der Waals surface area contributed by atoms with E-state index >= 15 is 0 Å². The van der Waals surface area contributed by atoms with E-state index in [-0.39, 0.29) is 6.04 Å². The number of rotatable bonds is 3. The molecular weight excluding hydrogens is 280 g/mol. The summed E-state index contributed by atoms with van der Waals surface area (Å²) >= 11 is 0. The zero-order valence-electron chi connectivity index (χ0n) is 12.7. The summed E-state index contributed by atoms with van der Waals surface area (Å²) in [7, 11) is 0. The van der Waals surface area contributed by atoms with Crippen molar-refractivity contribution >= 4 is 5.82 Å². The maximum atomic E-state index is 8.98. The first-order valence-corrected chi connectivity index (χ1v) is 7.33. The van der Waals surface area contributed by atoms with Gasteiger partial charge in [-0.25, -0.2) is 4.98 Å². The zero-order valence-corrected chi connectivity index (χ0v) is 12.7. The first kappa shape index (κ1) is 14.5. The predicted octanol–water partition coefficient (Wildman–Crippen LogP) is 1.53. The zero-order chi connectivity index (χ0) is 15.5. The predicted molar refractivity (Wildman–Crippen MR) is 80.2 cm³/mol. The van der Waals surface area contributed by atoms with E-state index < -0.39 is 0 Å². The molecule has 22 heavy (non-hydrogen) atoms. The summed E-state index contributed by atoms with van der Waals surface area (Å²) in [5.74, 6) is 2.19. The lowest BCUT2D eigenvalue weighted by molar-refractivity contribution is 0.164. The number of nitriles is 1.